The Balaban J connectivity index is 2.27. The zero-order valence-electron chi connectivity index (χ0n) is 12.1. The van der Waals surface area contributed by atoms with Crippen LogP contribution in [0.15, 0.2) is 12.1 Å². The Bertz CT molecular complexity index is 478. The third-order valence-corrected chi connectivity index (χ3v) is 4.03. The molecule has 0 amide bonds. The van der Waals surface area contributed by atoms with Crippen LogP contribution in [0.1, 0.15) is 32.6 Å². The zero-order chi connectivity index (χ0) is 14.5. The van der Waals surface area contributed by atoms with E-state index < -0.39 is 0 Å². The first-order chi connectivity index (χ1) is 9.65. The van der Waals surface area contributed by atoms with Gasteiger partial charge in [-0.25, -0.2) is 4.98 Å². The lowest BCUT2D eigenvalue weighted by molar-refractivity contribution is -0.384. The number of nitrogens with zero attached hydrogens (tertiary/aromatic N) is 3. The average molecular weight is 278 g/mol. The lowest BCUT2D eigenvalue weighted by Gasteiger charge is -2.21. The Morgan fingerprint density at radius 2 is 2.25 bits per heavy atom. The number of nitrogens with one attached hydrogen (secondary N) is 1. The molecule has 110 valence electrons. The molecule has 1 saturated heterocycles. The molecule has 0 saturated carbocycles. The second-order valence-corrected chi connectivity index (χ2v) is 5.24. The van der Waals surface area contributed by atoms with E-state index in [4.69, 9.17) is 0 Å². The fourth-order valence-electron chi connectivity index (χ4n) is 2.74. The Morgan fingerprint density at radius 1 is 1.45 bits per heavy atom. The highest BCUT2D eigenvalue weighted by Gasteiger charge is 2.24. The fraction of sp³-hybridized carbons (Fsp3) is 0.643. The highest BCUT2D eigenvalue weighted by atomic mass is 16.6. The maximum absolute atomic E-state index is 11.2. The molecule has 1 unspecified atom stereocenters. The fourth-order valence-corrected chi connectivity index (χ4v) is 2.74. The second-order valence-electron chi connectivity index (χ2n) is 5.24. The second kappa shape index (κ2) is 6.54. The van der Waals surface area contributed by atoms with E-state index in [1.165, 1.54) is 18.9 Å². The standard InChI is InChI=1S/C14H22N4O2/c1-3-11-5-4-9-17(10-8-11)14-12(18(19)20)6-7-13(15-2)16-14/h6-7,11H,3-5,8-10H2,1-2H3,(H,15,16). The Kier molecular flexibility index (Phi) is 4.76. The summed E-state index contributed by atoms with van der Waals surface area (Å²) in [5.74, 6) is 1.90. The maximum atomic E-state index is 11.2. The summed E-state index contributed by atoms with van der Waals surface area (Å²) in [6, 6.07) is 3.19. The third-order valence-electron chi connectivity index (χ3n) is 4.03. The summed E-state index contributed by atoms with van der Waals surface area (Å²) in [7, 11) is 1.77. The zero-order valence-corrected chi connectivity index (χ0v) is 12.1. The monoisotopic (exact) mass is 278 g/mol. The third kappa shape index (κ3) is 3.18. The predicted octanol–water partition coefficient (Wildman–Crippen LogP) is 3.05. The van der Waals surface area contributed by atoms with Crippen molar-refractivity contribution in [3.8, 4) is 0 Å². The van der Waals surface area contributed by atoms with Gasteiger partial charge in [0, 0.05) is 26.2 Å². The number of hydrogen-bond donors (Lipinski definition) is 1. The van der Waals surface area contributed by atoms with E-state index in [0.717, 1.165) is 31.8 Å². The number of hydrogen-bond acceptors (Lipinski definition) is 5. The summed E-state index contributed by atoms with van der Waals surface area (Å²) in [6.07, 6.45) is 4.53. The van der Waals surface area contributed by atoms with Crippen LogP contribution in [0.3, 0.4) is 0 Å². The molecule has 2 rings (SSSR count). The molecule has 0 radical (unpaired) electrons. The minimum absolute atomic E-state index is 0.0962. The molecule has 6 nitrogen and oxygen atoms in total. The van der Waals surface area contributed by atoms with E-state index in [-0.39, 0.29) is 10.6 Å². The van der Waals surface area contributed by atoms with Crippen molar-refractivity contribution in [1.29, 1.82) is 0 Å². The van der Waals surface area contributed by atoms with Crippen LogP contribution >= 0.6 is 0 Å². The van der Waals surface area contributed by atoms with Crippen molar-refractivity contribution in [2.24, 2.45) is 5.92 Å². The van der Waals surface area contributed by atoms with Crippen molar-refractivity contribution in [2.75, 3.05) is 30.4 Å². The molecule has 20 heavy (non-hydrogen) atoms. The normalized spacial score (nSPS) is 19.5. The number of nitro groups is 1. The topological polar surface area (TPSA) is 71.3 Å². The van der Waals surface area contributed by atoms with E-state index >= 15 is 0 Å². The molecule has 1 aliphatic rings. The van der Waals surface area contributed by atoms with Gasteiger partial charge in [0.25, 0.3) is 0 Å². The van der Waals surface area contributed by atoms with Gasteiger partial charge in [-0.05, 0) is 31.2 Å². The first kappa shape index (κ1) is 14.6. The summed E-state index contributed by atoms with van der Waals surface area (Å²) in [5, 5.41) is 14.1. The van der Waals surface area contributed by atoms with Gasteiger partial charge >= 0.3 is 5.69 Å². The highest BCUT2D eigenvalue weighted by molar-refractivity contribution is 5.61. The van der Waals surface area contributed by atoms with Crippen molar-refractivity contribution in [2.45, 2.75) is 32.6 Å². The van der Waals surface area contributed by atoms with Crippen LogP contribution in [0.2, 0.25) is 0 Å². The van der Waals surface area contributed by atoms with Crippen LogP contribution < -0.4 is 10.2 Å². The van der Waals surface area contributed by atoms with Crippen LogP contribution in [0, 0.1) is 16.0 Å². The van der Waals surface area contributed by atoms with E-state index in [1.54, 1.807) is 13.1 Å². The van der Waals surface area contributed by atoms with Gasteiger partial charge in [0.1, 0.15) is 5.82 Å². The summed E-state index contributed by atoms with van der Waals surface area (Å²) >= 11 is 0. The van der Waals surface area contributed by atoms with Crippen LogP contribution in [0.25, 0.3) is 0 Å². The van der Waals surface area contributed by atoms with Crippen LogP contribution in [0.5, 0.6) is 0 Å². The predicted molar refractivity (Wildman–Crippen MR) is 80.3 cm³/mol. The summed E-state index contributed by atoms with van der Waals surface area (Å²) < 4.78 is 0. The van der Waals surface area contributed by atoms with Gasteiger partial charge in [0.15, 0.2) is 0 Å². The maximum Gasteiger partial charge on any atom is 0.311 e. The van der Waals surface area contributed by atoms with Gasteiger partial charge in [-0.2, -0.15) is 0 Å². The first-order valence-corrected chi connectivity index (χ1v) is 7.23. The Hall–Kier alpha value is -1.85. The first-order valence-electron chi connectivity index (χ1n) is 7.23. The molecule has 1 aromatic rings. The van der Waals surface area contributed by atoms with Gasteiger partial charge < -0.3 is 10.2 Å². The molecule has 0 bridgehead atoms. The Labute approximate surface area is 119 Å². The molecule has 1 fully saturated rings. The summed E-state index contributed by atoms with van der Waals surface area (Å²) in [6.45, 7) is 3.90. The lowest BCUT2D eigenvalue weighted by atomic mass is 9.98. The number of aromatic nitrogens is 1. The number of rotatable bonds is 4. The van der Waals surface area contributed by atoms with Crippen molar-refractivity contribution in [3.63, 3.8) is 0 Å². The van der Waals surface area contributed by atoms with Crippen molar-refractivity contribution < 1.29 is 4.92 Å². The van der Waals surface area contributed by atoms with E-state index in [2.05, 4.69) is 22.1 Å². The number of anilines is 2. The molecule has 1 N–H and O–H groups in total. The van der Waals surface area contributed by atoms with Crippen molar-refractivity contribution in [3.05, 3.63) is 22.2 Å². The highest BCUT2D eigenvalue weighted by Crippen LogP contribution is 2.30. The largest absolute Gasteiger partial charge is 0.373 e. The molecule has 1 aromatic heterocycles. The quantitative estimate of drug-likeness (QED) is 0.677. The minimum Gasteiger partial charge on any atom is -0.373 e. The van der Waals surface area contributed by atoms with Gasteiger partial charge in [-0.3, -0.25) is 10.1 Å². The average Bonchev–Trinajstić information content (AvgIpc) is 2.71. The Morgan fingerprint density at radius 3 is 2.90 bits per heavy atom. The van der Waals surface area contributed by atoms with Crippen LogP contribution in [-0.2, 0) is 0 Å². The van der Waals surface area contributed by atoms with Crippen LogP contribution in [0.4, 0.5) is 17.3 Å². The molecule has 0 aliphatic carbocycles. The summed E-state index contributed by atoms with van der Waals surface area (Å²) in [5.41, 5.74) is 0.0962. The smallest absolute Gasteiger partial charge is 0.311 e. The van der Waals surface area contributed by atoms with Crippen molar-refractivity contribution >= 4 is 17.3 Å². The molecular formula is C14H22N4O2. The summed E-state index contributed by atoms with van der Waals surface area (Å²) in [4.78, 5) is 17.3. The van der Waals surface area contributed by atoms with Crippen LogP contribution in [-0.4, -0.2) is 30.0 Å². The number of pyridine rings is 1. The van der Waals surface area contributed by atoms with E-state index in [9.17, 15) is 10.1 Å². The van der Waals surface area contributed by atoms with Crippen molar-refractivity contribution in [1.82, 2.24) is 4.98 Å². The minimum atomic E-state index is -0.343. The van der Waals surface area contributed by atoms with Gasteiger partial charge in [-0.1, -0.05) is 13.3 Å². The van der Waals surface area contributed by atoms with E-state index in [0.29, 0.717) is 11.6 Å². The molecule has 0 aromatic carbocycles. The van der Waals surface area contributed by atoms with Gasteiger partial charge in [0.05, 0.1) is 4.92 Å². The van der Waals surface area contributed by atoms with Gasteiger partial charge in [0.2, 0.25) is 5.82 Å². The van der Waals surface area contributed by atoms with Gasteiger partial charge in [-0.15, -0.1) is 0 Å². The molecule has 0 spiro atoms. The molecule has 1 aliphatic heterocycles. The molecule has 2 heterocycles. The molecule has 1 atom stereocenters. The SMILES string of the molecule is CCC1CCCN(c2nc(NC)ccc2[N+](=O)[O-])CC1. The molecule has 6 heteroatoms. The van der Waals surface area contributed by atoms with E-state index in [1.807, 2.05) is 0 Å². The molecular weight excluding hydrogens is 256 g/mol. The lowest BCUT2D eigenvalue weighted by Crippen LogP contribution is -2.26.